The zero-order chi connectivity index (χ0) is 14.0. The van der Waals surface area contributed by atoms with Crippen LogP contribution in [0, 0.1) is 24.1 Å². The van der Waals surface area contributed by atoms with Crippen molar-refractivity contribution in [3.63, 3.8) is 0 Å². The molecular weight excluding hydrogens is 313 g/mol. The first-order valence-electron chi connectivity index (χ1n) is 5.58. The van der Waals surface area contributed by atoms with Crippen LogP contribution in [0.5, 0.6) is 0 Å². The van der Waals surface area contributed by atoms with E-state index in [1.165, 1.54) is 22.9 Å². The van der Waals surface area contributed by atoms with Crippen molar-refractivity contribution >= 4 is 15.9 Å². The fourth-order valence-corrected chi connectivity index (χ4v) is 2.23. The molecule has 0 atom stereocenters. The van der Waals surface area contributed by atoms with Gasteiger partial charge in [0.05, 0.1) is 30.5 Å². The number of benzene rings is 1. The van der Waals surface area contributed by atoms with Crippen molar-refractivity contribution in [3.8, 4) is 6.07 Å². The normalized spacial score (nSPS) is 10.5. The first-order valence-corrected chi connectivity index (χ1v) is 6.37. The first-order chi connectivity index (χ1) is 9.06. The Balaban J connectivity index is 2.42. The van der Waals surface area contributed by atoms with Gasteiger partial charge in [-0.15, -0.1) is 0 Å². The average molecular weight is 324 g/mol. The van der Waals surface area contributed by atoms with Gasteiger partial charge in [-0.25, -0.2) is 4.39 Å². The Kier molecular flexibility index (Phi) is 3.98. The van der Waals surface area contributed by atoms with Crippen LogP contribution in [0.25, 0.3) is 0 Å². The molecule has 0 unspecified atom stereocenters. The molecule has 0 amide bonds. The van der Waals surface area contributed by atoms with E-state index >= 15 is 0 Å². The third kappa shape index (κ3) is 2.67. The predicted molar refractivity (Wildman–Crippen MR) is 70.8 cm³/mol. The van der Waals surface area contributed by atoms with Crippen molar-refractivity contribution in [3.05, 3.63) is 51.0 Å². The van der Waals surface area contributed by atoms with E-state index < -0.39 is 5.82 Å². The van der Waals surface area contributed by atoms with Crippen molar-refractivity contribution in [1.29, 1.82) is 5.26 Å². The van der Waals surface area contributed by atoms with E-state index in [0.717, 1.165) is 5.56 Å². The van der Waals surface area contributed by atoms with E-state index in [9.17, 15) is 9.50 Å². The van der Waals surface area contributed by atoms with Crippen LogP contribution < -0.4 is 0 Å². The van der Waals surface area contributed by atoms with Gasteiger partial charge in [0.1, 0.15) is 10.4 Å². The Bertz CT molecular complexity index is 661. The zero-order valence-corrected chi connectivity index (χ0v) is 11.8. The third-order valence-electron chi connectivity index (χ3n) is 2.91. The van der Waals surface area contributed by atoms with Gasteiger partial charge in [-0.2, -0.15) is 10.4 Å². The highest BCUT2D eigenvalue weighted by atomic mass is 79.9. The van der Waals surface area contributed by atoms with Crippen molar-refractivity contribution in [2.45, 2.75) is 20.1 Å². The Labute approximate surface area is 118 Å². The van der Waals surface area contributed by atoms with Crippen LogP contribution >= 0.6 is 15.9 Å². The monoisotopic (exact) mass is 323 g/mol. The molecule has 0 aliphatic rings. The molecule has 0 aliphatic heterocycles. The number of hydrogen-bond donors (Lipinski definition) is 1. The molecule has 1 heterocycles. The standard InChI is InChI=1S/C13H11BrFN3O/c1-8-12(7-19)18(17-13(8)14)6-10-4-9(5-16)2-3-11(10)15/h2-4,19H,6-7H2,1H3. The number of nitrogens with zero attached hydrogens (tertiary/aromatic N) is 3. The lowest BCUT2D eigenvalue weighted by atomic mass is 10.1. The summed E-state index contributed by atoms with van der Waals surface area (Å²) in [6.45, 7) is 1.81. The number of aliphatic hydroxyl groups excluding tert-OH is 1. The summed E-state index contributed by atoms with van der Waals surface area (Å²) in [7, 11) is 0. The number of aromatic nitrogens is 2. The van der Waals surface area contributed by atoms with Gasteiger partial charge in [-0.1, -0.05) is 0 Å². The molecule has 2 rings (SSSR count). The number of rotatable bonds is 3. The molecule has 0 bridgehead atoms. The van der Waals surface area contributed by atoms with Gasteiger partial charge in [0, 0.05) is 11.1 Å². The Morgan fingerprint density at radius 1 is 1.53 bits per heavy atom. The maximum Gasteiger partial charge on any atom is 0.131 e. The summed E-state index contributed by atoms with van der Waals surface area (Å²) in [5.41, 5.74) is 2.20. The smallest absolute Gasteiger partial charge is 0.131 e. The lowest BCUT2D eigenvalue weighted by Crippen LogP contribution is -2.08. The molecule has 19 heavy (non-hydrogen) atoms. The van der Waals surface area contributed by atoms with Crippen LogP contribution in [-0.2, 0) is 13.2 Å². The molecule has 1 aromatic carbocycles. The number of nitriles is 1. The van der Waals surface area contributed by atoms with Crippen molar-refractivity contribution < 1.29 is 9.50 Å². The minimum absolute atomic E-state index is 0.170. The molecule has 1 aromatic heterocycles. The van der Waals surface area contributed by atoms with Gasteiger partial charge in [0.2, 0.25) is 0 Å². The highest BCUT2D eigenvalue weighted by molar-refractivity contribution is 9.10. The van der Waals surface area contributed by atoms with E-state index in [2.05, 4.69) is 21.0 Å². The second-order valence-electron chi connectivity index (χ2n) is 4.10. The summed E-state index contributed by atoms with van der Waals surface area (Å²) in [5.74, 6) is -0.396. The van der Waals surface area contributed by atoms with Gasteiger partial charge >= 0.3 is 0 Å². The predicted octanol–water partition coefficient (Wildman–Crippen LogP) is 2.51. The molecule has 4 nitrogen and oxygen atoms in total. The highest BCUT2D eigenvalue weighted by Crippen LogP contribution is 2.21. The fourth-order valence-electron chi connectivity index (χ4n) is 1.81. The second-order valence-corrected chi connectivity index (χ2v) is 4.85. The second kappa shape index (κ2) is 5.51. The van der Waals surface area contributed by atoms with E-state index in [4.69, 9.17) is 5.26 Å². The van der Waals surface area contributed by atoms with Crippen molar-refractivity contribution in [2.24, 2.45) is 0 Å². The van der Waals surface area contributed by atoms with E-state index in [1.807, 2.05) is 13.0 Å². The summed E-state index contributed by atoms with van der Waals surface area (Å²) < 4.78 is 15.9. The van der Waals surface area contributed by atoms with Crippen molar-refractivity contribution in [2.75, 3.05) is 0 Å². The molecule has 0 saturated heterocycles. The van der Waals surface area contributed by atoms with Crippen LogP contribution in [0.1, 0.15) is 22.4 Å². The molecule has 0 fully saturated rings. The average Bonchev–Trinajstić information content (AvgIpc) is 2.67. The quantitative estimate of drug-likeness (QED) is 0.944. The summed E-state index contributed by atoms with van der Waals surface area (Å²) >= 11 is 3.28. The van der Waals surface area contributed by atoms with Crippen LogP contribution in [0.3, 0.4) is 0 Å². The SMILES string of the molecule is Cc1c(Br)nn(Cc2cc(C#N)ccc2F)c1CO. The molecule has 6 heteroatoms. The Hall–Kier alpha value is -1.71. The van der Waals surface area contributed by atoms with Crippen LogP contribution in [0.2, 0.25) is 0 Å². The maximum atomic E-state index is 13.7. The highest BCUT2D eigenvalue weighted by Gasteiger charge is 2.13. The molecule has 0 aliphatic carbocycles. The van der Waals surface area contributed by atoms with E-state index in [-0.39, 0.29) is 13.2 Å². The maximum absolute atomic E-state index is 13.7. The number of halogens is 2. The summed E-state index contributed by atoms with van der Waals surface area (Å²) in [4.78, 5) is 0. The van der Waals surface area contributed by atoms with Gasteiger partial charge in [0.25, 0.3) is 0 Å². The zero-order valence-electron chi connectivity index (χ0n) is 10.2. The lowest BCUT2D eigenvalue weighted by molar-refractivity contribution is 0.268. The van der Waals surface area contributed by atoms with Crippen LogP contribution in [0.15, 0.2) is 22.8 Å². The topological polar surface area (TPSA) is 61.8 Å². The minimum Gasteiger partial charge on any atom is -0.390 e. The fraction of sp³-hybridized carbons (Fsp3) is 0.231. The van der Waals surface area contributed by atoms with E-state index in [0.29, 0.717) is 21.4 Å². The molecule has 0 saturated carbocycles. The van der Waals surface area contributed by atoms with E-state index in [1.54, 1.807) is 0 Å². The third-order valence-corrected chi connectivity index (χ3v) is 3.66. The molecule has 1 N–H and O–H groups in total. The summed E-state index contributed by atoms with van der Waals surface area (Å²) in [6.07, 6.45) is 0. The molecule has 2 aromatic rings. The summed E-state index contributed by atoms with van der Waals surface area (Å²) in [6, 6.07) is 6.15. The molecular formula is C13H11BrFN3O. The summed E-state index contributed by atoms with van der Waals surface area (Å²) in [5, 5.41) is 22.4. The van der Waals surface area contributed by atoms with Gasteiger partial charge in [-0.3, -0.25) is 4.68 Å². The van der Waals surface area contributed by atoms with Crippen LogP contribution in [0.4, 0.5) is 4.39 Å². The Morgan fingerprint density at radius 2 is 2.26 bits per heavy atom. The first kappa shape index (κ1) is 13.7. The van der Waals surface area contributed by atoms with Crippen LogP contribution in [-0.4, -0.2) is 14.9 Å². The molecule has 98 valence electrons. The molecule has 0 radical (unpaired) electrons. The Morgan fingerprint density at radius 3 is 2.89 bits per heavy atom. The van der Waals surface area contributed by atoms with Gasteiger partial charge in [-0.05, 0) is 41.1 Å². The number of aliphatic hydroxyl groups is 1. The van der Waals surface area contributed by atoms with Crippen molar-refractivity contribution in [1.82, 2.24) is 9.78 Å². The minimum atomic E-state index is -0.396. The van der Waals surface area contributed by atoms with Gasteiger partial charge < -0.3 is 5.11 Å². The lowest BCUT2D eigenvalue weighted by Gasteiger charge is -2.07. The molecule has 0 spiro atoms. The largest absolute Gasteiger partial charge is 0.390 e. The number of hydrogen-bond acceptors (Lipinski definition) is 3. The van der Waals surface area contributed by atoms with Gasteiger partial charge in [0.15, 0.2) is 0 Å².